The molecule has 1 aliphatic rings. The monoisotopic (exact) mass is 435 g/mol. The van der Waals surface area contributed by atoms with Crippen molar-refractivity contribution < 1.29 is 23.8 Å². The summed E-state index contributed by atoms with van der Waals surface area (Å²) in [6.45, 7) is 0.537. The minimum Gasteiger partial charge on any atom is -0.493 e. The highest BCUT2D eigenvalue weighted by atomic mass is 19.1. The minimum atomic E-state index is -0.411. The van der Waals surface area contributed by atoms with Crippen LogP contribution in [0.5, 0.6) is 11.6 Å². The van der Waals surface area contributed by atoms with E-state index >= 15 is 0 Å². The fraction of sp³-hybridized carbons (Fsp3) is 0.250. The topological polar surface area (TPSA) is 89.4 Å². The molecule has 1 aliphatic heterocycles. The van der Waals surface area contributed by atoms with E-state index in [0.29, 0.717) is 35.7 Å². The molecule has 4 aromatic rings. The smallest absolute Gasteiger partial charge is 0.216 e. The molecule has 2 aromatic heterocycles. The highest BCUT2D eigenvalue weighted by Gasteiger charge is 2.29. The largest absolute Gasteiger partial charge is 0.493 e. The zero-order chi connectivity index (χ0) is 22.2. The van der Waals surface area contributed by atoms with Gasteiger partial charge in [-0.05, 0) is 41.8 Å². The van der Waals surface area contributed by atoms with Crippen LogP contribution in [0.4, 0.5) is 4.39 Å². The molecule has 2 N–H and O–H groups in total. The van der Waals surface area contributed by atoms with E-state index in [0.717, 1.165) is 22.0 Å². The van der Waals surface area contributed by atoms with Crippen LogP contribution in [-0.4, -0.2) is 46.0 Å². The van der Waals surface area contributed by atoms with E-state index in [1.807, 2.05) is 22.8 Å². The molecular formula is C24H22FN3O4. The third-order valence-corrected chi connectivity index (χ3v) is 5.91. The summed E-state index contributed by atoms with van der Waals surface area (Å²) in [5.41, 5.74) is 3.77. The summed E-state index contributed by atoms with van der Waals surface area (Å²) in [4.78, 5) is 13.5. The number of aromatic nitrogens is 3. The molecule has 5 rings (SSSR count). The number of ether oxygens (including phenoxy) is 2. The van der Waals surface area contributed by atoms with Crippen molar-refractivity contribution in [2.24, 2.45) is 5.92 Å². The molecule has 1 atom stereocenters. The standard InChI is InChI=1S/C24H22FN3O4/c1-31-24-19(11-26-27-24)14-2-4-18-20(12-28(6-7-29)21(18)10-14)23(30)16-8-15-9-17(25)3-5-22(15)32-13-16/h2-5,9-12,16,29H,6-8,13H2,1H3,(H,26,27)/t16-/m1/s1. The first-order valence-electron chi connectivity index (χ1n) is 10.4. The van der Waals surface area contributed by atoms with Crippen molar-refractivity contribution in [2.45, 2.75) is 13.0 Å². The molecule has 0 aliphatic carbocycles. The number of hydrogen-bond donors (Lipinski definition) is 2. The number of H-pyrrole nitrogens is 1. The number of ketones is 1. The number of aliphatic hydroxyl groups is 1. The van der Waals surface area contributed by atoms with Gasteiger partial charge in [0.15, 0.2) is 5.78 Å². The van der Waals surface area contributed by atoms with Gasteiger partial charge in [-0.15, -0.1) is 0 Å². The second kappa shape index (κ2) is 8.12. The van der Waals surface area contributed by atoms with Gasteiger partial charge in [0.05, 0.1) is 38.0 Å². The van der Waals surface area contributed by atoms with E-state index in [1.165, 1.54) is 12.1 Å². The number of nitrogens with zero attached hydrogens (tertiary/aromatic N) is 2. The molecule has 0 radical (unpaired) electrons. The molecule has 8 heteroatoms. The van der Waals surface area contributed by atoms with Crippen molar-refractivity contribution in [1.29, 1.82) is 0 Å². The summed E-state index contributed by atoms with van der Waals surface area (Å²) >= 11 is 0. The van der Waals surface area contributed by atoms with Gasteiger partial charge < -0.3 is 19.1 Å². The Kier molecular flexibility index (Phi) is 5.14. The van der Waals surface area contributed by atoms with E-state index in [4.69, 9.17) is 9.47 Å². The fourth-order valence-corrected chi connectivity index (χ4v) is 4.34. The average Bonchev–Trinajstić information content (AvgIpc) is 3.43. The first-order valence-corrected chi connectivity index (χ1v) is 10.4. The number of halogens is 1. The number of methoxy groups -OCH3 is 1. The first kappa shape index (κ1) is 20.3. The van der Waals surface area contributed by atoms with Crippen molar-refractivity contribution in [3.63, 3.8) is 0 Å². The Morgan fingerprint density at radius 3 is 3.03 bits per heavy atom. The molecule has 0 unspecified atom stereocenters. The van der Waals surface area contributed by atoms with E-state index in [1.54, 1.807) is 25.6 Å². The lowest BCUT2D eigenvalue weighted by Crippen LogP contribution is -2.28. The van der Waals surface area contributed by atoms with Crippen LogP contribution in [0.1, 0.15) is 15.9 Å². The number of fused-ring (bicyclic) bond motifs is 2. The Hall–Kier alpha value is -3.65. The lowest BCUT2D eigenvalue weighted by Gasteiger charge is -2.24. The number of Topliss-reactive ketones (excluding diaryl/α,β-unsaturated/α-hetero) is 1. The van der Waals surface area contributed by atoms with Crippen molar-refractivity contribution >= 4 is 16.7 Å². The van der Waals surface area contributed by atoms with Crippen LogP contribution in [0.3, 0.4) is 0 Å². The Balaban J connectivity index is 1.53. The zero-order valence-electron chi connectivity index (χ0n) is 17.5. The Bertz CT molecular complexity index is 1310. The van der Waals surface area contributed by atoms with Crippen LogP contribution in [0, 0.1) is 11.7 Å². The van der Waals surface area contributed by atoms with Gasteiger partial charge >= 0.3 is 0 Å². The maximum Gasteiger partial charge on any atom is 0.216 e. The normalized spacial score (nSPS) is 15.4. The molecule has 0 fully saturated rings. The molecule has 3 heterocycles. The van der Waals surface area contributed by atoms with E-state index in [2.05, 4.69) is 10.2 Å². The van der Waals surface area contributed by atoms with Gasteiger partial charge in [0.25, 0.3) is 0 Å². The summed E-state index contributed by atoms with van der Waals surface area (Å²) in [6, 6.07) is 10.2. The molecule has 0 saturated heterocycles. The number of aromatic amines is 1. The predicted octanol–water partition coefficient (Wildman–Crippen LogP) is 3.61. The number of nitrogens with one attached hydrogen (secondary N) is 1. The number of carbonyl (C=O) groups is 1. The molecule has 2 aromatic carbocycles. The van der Waals surface area contributed by atoms with Crippen LogP contribution < -0.4 is 9.47 Å². The van der Waals surface area contributed by atoms with Crippen LogP contribution in [0.25, 0.3) is 22.0 Å². The van der Waals surface area contributed by atoms with Gasteiger partial charge in [-0.25, -0.2) is 9.49 Å². The first-order chi connectivity index (χ1) is 15.6. The Labute approximate surface area is 183 Å². The minimum absolute atomic E-state index is 0.0597. The van der Waals surface area contributed by atoms with Crippen molar-refractivity contribution in [1.82, 2.24) is 14.8 Å². The lowest BCUT2D eigenvalue weighted by atomic mass is 9.89. The SMILES string of the molecule is COc1[nH]ncc1-c1ccc2c(C(=O)[C@H]3COc4ccc(F)cc4C3)cn(CCO)c2c1. The molecule has 0 amide bonds. The molecule has 32 heavy (non-hydrogen) atoms. The average molecular weight is 435 g/mol. The van der Waals surface area contributed by atoms with Crippen LogP contribution in [0.2, 0.25) is 0 Å². The second-order valence-corrected chi connectivity index (χ2v) is 7.84. The van der Waals surface area contributed by atoms with E-state index < -0.39 is 5.92 Å². The van der Waals surface area contributed by atoms with Gasteiger partial charge in [0.1, 0.15) is 11.6 Å². The van der Waals surface area contributed by atoms with Crippen molar-refractivity contribution in [3.8, 4) is 22.8 Å². The van der Waals surface area contributed by atoms with Gasteiger partial charge in [0, 0.05) is 29.2 Å². The molecule has 7 nitrogen and oxygen atoms in total. The number of benzene rings is 2. The summed E-state index contributed by atoms with van der Waals surface area (Å²) in [6.07, 6.45) is 3.88. The third-order valence-electron chi connectivity index (χ3n) is 5.91. The molecule has 164 valence electrons. The fourth-order valence-electron chi connectivity index (χ4n) is 4.34. The van der Waals surface area contributed by atoms with Crippen LogP contribution >= 0.6 is 0 Å². The highest BCUT2D eigenvalue weighted by Crippen LogP contribution is 2.34. The predicted molar refractivity (Wildman–Crippen MR) is 117 cm³/mol. The van der Waals surface area contributed by atoms with E-state index in [9.17, 15) is 14.3 Å². The maximum absolute atomic E-state index is 13.7. The molecular weight excluding hydrogens is 413 g/mol. The number of rotatable bonds is 6. The van der Waals surface area contributed by atoms with Crippen LogP contribution in [-0.2, 0) is 13.0 Å². The molecule has 0 bridgehead atoms. The highest BCUT2D eigenvalue weighted by molar-refractivity contribution is 6.10. The Morgan fingerprint density at radius 1 is 1.34 bits per heavy atom. The quantitative estimate of drug-likeness (QED) is 0.452. The summed E-state index contributed by atoms with van der Waals surface area (Å²) in [5, 5.41) is 17.2. The van der Waals surface area contributed by atoms with Gasteiger partial charge in [-0.1, -0.05) is 12.1 Å². The van der Waals surface area contributed by atoms with E-state index in [-0.39, 0.29) is 24.8 Å². The van der Waals surface area contributed by atoms with Gasteiger partial charge in [-0.3, -0.25) is 4.79 Å². The van der Waals surface area contributed by atoms with Gasteiger partial charge in [0.2, 0.25) is 5.88 Å². The number of carbonyl (C=O) groups excluding carboxylic acids is 1. The Morgan fingerprint density at radius 2 is 2.22 bits per heavy atom. The van der Waals surface area contributed by atoms with Gasteiger partial charge in [-0.2, -0.15) is 5.10 Å². The summed E-state index contributed by atoms with van der Waals surface area (Å²) in [7, 11) is 1.57. The molecule has 0 spiro atoms. The van der Waals surface area contributed by atoms with Crippen molar-refractivity contribution in [3.05, 3.63) is 65.7 Å². The maximum atomic E-state index is 13.7. The number of hydrogen-bond acceptors (Lipinski definition) is 5. The summed E-state index contributed by atoms with van der Waals surface area (Å²) < 4.78 is 26.6. The zero-order valence-corrected chi connectivity index (χ0v) is 17.5. The third kappa shape index (κ3) is 3.42. The second-order valence-electron chi connectivity index (χ2n) is 7.84. The van der Waals surface area contributed by atoms with Crippen molar-refractivity contribution in [2.75, 3.05) is 20.3 Å². The number of aliphatic hydroxyl groups excluding tert-OH is 1. The van der Waals surface area contributed by atoms with Crippen LogP contribution in [0.15, 0.2) is 48.8 Å². The summed E-state index contributed by atoms with van der Waals surface area (Å²) in [5.74, 6) is 0.353. The molecule has 0 saturated carbocycles. The lowest BCUT2D eigenvalue weighted by molar-refractivity contribution is 0.0856.